The van der Waals surface area contributed by atoms with Gasteiger partial charge < -0.3 is 16.0 Å². The lowest BCUT2D eigenvalue weighted by molar-refractivity contribution is -0.0885. The van der Waals surface area contributed by atoms with Crippen molar-refractivity contribution in [1.82, 2.24) is 10.2 Å². The highest BCUT2D eigenvalue weighted by atomic mass is 19.4. The van der Waals surface area contributed by atoms with Crippen LogP contribution in [0.2, 0.25) is 0 Å². The summed E-state index contributed by atoms with van der Waals surface area (Å²) in [6.07, 6.45) is -0.917. The minimum Gasteiger partial charge on any atom is -0.361 e. The van der Waals surface area contributed by atoms with Crippen molar-refractivity contribution in [2.75, 3.05) is 6.54 Å². The third kappa shape index (κ3) is 4.31. The lowest BCUT2D eigenvalue weighted by Crippen LogP contribution is -2.21. The molecule has 4 nitrogen and oxygen atoms in total. The molecule has 0 unspecified atom stereocenters. The Kier molecular flexibility index (Phi) is 5.23. The van der Waals surface area contributed by atoms with Gasteiger partial charge in [-0.2, -0.15) is 13.2 Å². The molecule has 0 aromatic heterocycles. The Morgan fingerprint density at radius 2 is 1.81 bits per heavy atom. The fourth-order valence-electron chi connectivity index (χ4n) is 3.01. The molecule has 142 valence electrons. The van der Waals surface area contributed by atoms with Gasteiger partial charge in [-0.1, -0.05) is 30.8 Å². The lowest BCUT2D eigenvalue weighted by atomic mass is 10.1. The maximum Gasteiger partial charge on any atom is 0.417 e. The zero-order valence-electron chi connectivity index (χ0n) is 15.0. The van der Waals surface area contributed by atoms with E-state index in [0.29, 0.717) is 35.9 Å². The highest BCUT2D eigenvalue weighted by molar-refractivity contribution is 5.99. The van der Waals surface area contributed by atoms with Crippen LogP contribution in [0.25, 0.3) is 0 Å². The van der Waals surface area contributed by atoms with E-state index in [2.05, 4.69) is 33.9 Å². The summed E-state index contributed by atoms with van der Waals surface area (Å²) in [6, 6.07) is 8.09. The Bertz CT molecular complexity index is 850. The summed E-state index contributed by atoms with van der Waals surface area (Å²) < 4.78 is 39.7. The molecule has 0 saturated heterocycles. The molecule has 0 fully saturated rings. The van der Waals surface area contributed by atoms with Crippen LogP contribution in [-0.2, 0) is 13.1 Å². The van der Waals surface area contributed by atoms with Crippen molar-refractivity contribution in [2.24, 2.45) is 10.7 Å². The third-order valence-electron chi connectivity index (χ3n) is 4.51. The van der Waals surface area contributed by atoms with Gasteiger partial charge in [0.25, 0.3) is 0 Å². The molecule has 3 rings (SSSR count). The number of nitrogens with two attached hydrogens (primary N) is 1. The zero-order valence-corrected chi connectivity index (χ0v) is 15.0. The Morgan fingerprint density at radius 1 is 1.19 bits per heavy atom. The first-order valence-electron chi connectivity index (χ1n) is 8.50. The van der Waals surface area contributed by atoms with Gasteiger partial charge in [0.2, 0.25) is 0 Å². The van der Waals surface area contributed by atoms with E-state index in [-0.39, 0.29) is 6.54 Å². The predicted octanol–water partition coefficient (Wildman–Crippen LogP) is 3.75. The number of halogens is 3. The van der Waals surface area contributed by atoms with Gasteiger partial charge in [0.05, 0.1) is 5.57 Å². The van der Waals surface area contributed by atoms with Crippen molar-refractivity contribution in [2.45, 2.75) is 26.2 Å². The van der Waals surface area contributed by atoms with E-state index in [1.54, 1.807) is 13.0 Å². The van der Waals surface area contributed by atoms with E-state index in [9.17, 15) is 13.2 Å². The average molecular weight is 374 g/mol. The Balaban J connectivity index is 1.98. The molecule has 0 amide bonds. The lowest BCUT2D eigenvalue weighted by Gasteiger charge is -2.21. The molecule has 0 aliphatic carbocycles. The predicted molar refractivity (Wildman–Crippen MR) is 100 cm³/mol. The van der Waals surface area contributed by atoms with Gasteiger partial charge in [-0.3, -0.25) is 0 Å². The van der Waals surface area contributed by atoms with Crippen molar-refractivity contribution >= 4 is 5.71 Å². The summed E-state index contributed by atoms with van der Waals surface area (Å²) in [4.78, 5) is 6.64. The molecule has 0 bridgehead atoms. The molecule has 3 N–H and O–H groups in total. The van der Waals surface area contributed by atoms with Crippen molar-refractivity contribution in [3.05, 3.63) is 83.0 Å². The van der Waals surface area contributed by atoms with E-state index in [1.807, 2.05) is 12.1 Å². The van der Waals surface area contributed by atoms with Gasteiger partial charge in [0.15, 0.2) is 0 Å². The highest BCUT2D eigenvalue weighted by Gasteiger charge is 2.33. The summed E-state index contributed by atoms with van der Waals surface area (Å²) in [7, 11) is 0. The first kappa shape index (κ1) is 19.0. The number of benzene rings is 1. The number of nitrogens with one attached hydrogen (secondary N) is 1. The van der Waals surface area contributed by atoms with Crippen LogP contribution in [-0.4, -0.2) is 23.3 Å². The fraction of sp³-hybridized carbons (Fsp3) is 0.250. The molecule has 0 atom stereocenters. The molecule has 0 spiro atoms. The standard InChI is InChI=1S/C20H21F3N4/c1-13-7-19(27-11-15-5-3-4-6-16(15)12-27)26-14(2)17(9-24)8-18(10-25-13)20(21,22)23/h3-8,10,25H,1,9,11-12,24H2,2H3/b17-8-,18-10?,19-7+,26-14+. The third-order valence-corrected chi connectivity index (χ3v) is 4.51. The number of fused-ring (bicyclic) bond motifs is 1. The minimum atomic E-state index is -4.50. The number of rotatable bonds is 2. The van der Waals surface area contributed by atoms with Gasteiger partial charge in [-0.15, -0.1) is 0 Å². The summed E-state index contributed by atoms with van der Waals surface area (Å²) >= 11 is 0. The second-order valence-electron chi connectivity index (χ2n) is 6.47. The van der Waals surface area contributed by atoms with E-state index in [0.717, 1.165) is 12.3 Å². The molecule has 0 radical (unpaired) electrons. The van der Waals surface area contributed by atoms with Crippen LogP contribution in [0.4, 0.5) is 13.2 Å². The number of hydrogen-bond acceptors (Lipinski definition) is 4. The van der Waals surface area contributed by atoms with Crippen molar-refractivity contribution in [1.29, 1.82) is 0 Å². The number of alkyl halides is 3. The summed E-state index contributed by atoms with van der Waals surface area (Å²) in [5.74, 6) is 0.629. The average Bonchev–Trinajstić information content (AvgIpc) is 3.04. The smallest absolute Gasteiger partial charge is 0.361 e. The molecule has 2 aliphatic rings. The van der Waals surface area contributed by atoms with Crippen LogP contribution in [0.15, 0.2) is 76.9 Å². The molecule has 0 saturated carbocycles. The van der Waals surface area contributed by atoms with Gasteiger partial charge in [0, 0.05) is 43.3 Å². The second-order valence-corrected chi connectivity index (χ2v) is 6.47. The Hall–Kier alpha value is -2.80. The molecule has 7 heteroatoms. The topological polar surface area (TPSA) is 53.6 Å². The number of aliphatic imine (C=N–C) groups is 1. The minimum absolute atomic E-state index is 0.0444. The van der Waals surface area contributed by atoms with Gasteiger partial charge in [-0.25, -0.2) is 4.99 Å². The largest absolute Gasteiger partial charge is 0.417 e. The van der Waals surface area contributed by atoms with Crippen molar-refractivity contribution in [3.8, 4) is 0 Å². The highest BCUT2D eigenvalue weighted by Crippen LogP contribution is 2.30. The van der Waals surface area contributed by atoms with Crippen LogP contribution in [0, 0.1) is 0 Å². The van der Waals surface area contributed by atoms with Crippen LogP contribution in [0.5, 0.6) is 0 Å². The maximum absolute atomic E-state index is 13.2. The number of nitrogens with zero attached hydrogens (tertiary/aromatic N) is 2. The van der Waals surface area contributed by atoms with E-state index >= 15 is 0 Å². The number of allylic oxidation sites excluding steroid dienone is 3. The molecule has 1 aromatic carbocycles. The first-order valence-corrected chi connectivity index (χ1v) is 8.50. The SMILES string of the molecule is C=C1\C=C(N2Cc3ccccc3C2)/N=C(C)/C(CN)=C\C(C(F)(F)F)=CN1. The Morgan fingerprint density at radius 3 is 2.37 bits per heavy atom. The zero-order chi connectivity index (χ0) is 19.6. The molecule has 1 aromatic rings. The fourth-order valence-corrected chi connectivity index (χ4v) is 3.01. The molecular formula is C20H21F3N4. The monoisotopic (exact) mass is 374 g/mol. The van der Waals surface area contributed by atoms with Gasteiger partial charge in [-0.05, 0) is 29.7 Å². The summed E-state index contributed by atoms with van der Waals surface area (Å²) in [6.45, 7) is 6.78. The quantitative estimate of drug-likeness (QED) is 0.829. The van der Waals surface area contributed by atoms with Crippen molar-refractivity contribution < 1.29 is 13.2 Å². The molecule has 27 heavy (non-hydrogen) atoms. The molecule has 2 heterocycles. The summed E-state index contributed by atoms with van der Waals surface area (Å²) in [5.41, 5.74) is 8.37. The van der Waals surface area contributed by atoms with E-state index in [4.69, 9.17) is 5.73 Å². The number of hydrogen-bond donors (Lipinski definition) is 2. The van der Waals surface area contributed by atoms with Crippen LogP contribution in [0.1, 0.15) is 18.1 Å². The van der Waals surface area contributed by atoms with Gasteiger partial charge >= 0.3 is 6.18 Å². The second kappa shape index (κ2) is 7.44. The van der Waals surface area contributed by atoms with E-state index in [1.165, 1.54) is 11.1 Å². The first-order chi connectivity index (χ1) is 12.8. The molecular weight excluding hydrogens is 353 g/mol. The van der Waals surface area contributed by atoms with Gasteiger partial charge in [0.1, 0.15) is 5.82 Å². The maximum atomic E-state index is 13.2. The Labute approximate surface area is 156 Å². The summed E-state index contributed by atoms with van der Waals surface area (Å²) in [5, 5.41) is 2.61. The van der Waals surface area contributed by atoms with Crippen LogP contribution in [0.3, 0.4) is 0 Å². The van der Waals surface area contributed by atoms with E-state index < -0.39 is 11.7 Å². The van der Waals surface area contributed by atoms with Crippen LogP contribution < -0.4 is 11.1 Å². The normalized spacial score (nSPS) is 23.9. The molecule has 2 aliphatic heterocycles. The van der Waals surface area contributed by atoms with Crippen LogP contribution >= 0.6 is 0 Å². The van der Waals surface area contributed by atoms with Crippen molar-refractivity contribution in [3.63, 3.8) is 0 Å².